The van der Waals surface area contributed by atoms with Gasteiger partial charge in [0, 0.05) is 25.2 Å². The fourth-order valence-corrected chi connectivity index (χ4v) is 6.15. The first-order valence-electron chi connectivity index (χ1n) is 10.2. The molecule has 0 N–H and O–H groups in total. The first-order chi connectivity index (χ1) is 14.0. The highest BCUT2D eigenvalue weighted by molar-refractivity contribution is 7.93. The summed E-state index contributed by atoms with van der Waals surface area (Å²) in [7, 11) is -3.85. The van der Waals surface area contributed by atoms with Crippen molar-refractivity contribution in [2.45, 2.75) is 43.4 Å². The van der Waals surface area contributed by atoms with Gasteiger partial charge in [-0.25, -0.2) is 8.42 Å². The maximum Gasteiger partial charge on any atom is 0.265 e. The van der Waals surface area contributed by atoms with E-state index >= 15 is 0 Å². The van der Waals surface area contributed by atoms with Crippen LogP contribution in [0.1, 0.15) is 48.0 Å². The molecular formula is C22H25ClN2O3S. The molecule has 154 valence electrons. The molecule has 1 saturated heterocycles. The number of hydrogen-bond donors (Lipinski definition) is 0. The van der Waals surface area contributed by atoms with Gasteiger partial charge in [0.2, 0.25) is 0 Å². The molecular weight excluding hydrogens is 408 g/mol. The Bertz CT molecular complexity index is 1010. The normalized spacial score (nSPS) is 17.6. The van der Waals surface area contributed by atoms with Crippen molar-refractivity contribution in [3.63, 3.8) is 0 Å². The van der Waals surface area contributed by atoms with Crippen molar-refractivity contribution >= 4 is 33.2 Å². The number of halogens is 1. The average Bonchev–Trinajstić information content (AvgIpc) is 3.12. The summed E-state index contributed by atoms with van der Waals surface area (Å²) < 4.78 is 28.2. The van der Waals surface area contributed by atoms with Gasteiger partial charge in [-0.1, -0.05) is 49.1 Å². The van der Waals surface area contributed by atoms with Gasteiger partial charge in [-0.3, -0.25) is 9.10 Å². The Hall–Kier alpha value is -2.05. The Kier molecular flexibility index (Phi) is 5.83. The number of sulfonamides is 1. The number of para-hydroxylation sites is 1. The van der Waals surface area contributed by atoms with Gasteiger partial charge in [-0.15, -0.1) is 0 Å². The van der Waals surface area contributed by atoms with Crippen molar-refractivity contribution in [3.8, 4) is 0 Å². The number of hydrogen-bond acceptors (Lipinski definition) is 3. The second-order valence-corrected chi connectivity index (χ2v) is 9.90. The summed E-state index contributed by atoms with van der Waals surface area (Å²) in [6, 6.07) is 12.1. The average molecular weight is 433 g/mol. The van der Waals surface area contributed by atoms with Crippen molar-refractivity contribution in [1.29, 1.82) is 0 Å². The van der Waals surface area contributed by atoms with E-state index in [1.54, 1.807) is 6.07 Å². The van der Waals surface area contributed by atoms with Gasteiger partial charge in [-0.05, 0) is 49.1 Å². The van der Waals surface area contributed by atoms with E-state index in [4.69, 9.17) is 11.6 Å². The van der Waals surface area contributed by atoms with Crippen LogP contribution >= 0.6 is 11.6 Å². The summed E-state index contributed by atoms with van der Waals surface area (Å²) in [5.74, 6) is -0.123. The lowest BCUT2D eigenvalue weighted by Gasteiger charge is -2.25. The Morgan fingerprint density at radius 2 is 1.59 bits per heavy atom. The van der Waals surface area contributed by atoms with E-state index in [1.807, 2.05) is 29.2 Å². The van der Waals surface area contributed by atoms with E-state index in [0.29, 0.717) is 37.3 Å². The number of fused-ring (bicyclic) bond motifs is 1. The van der Waals surface area contributed by atoms with Crippen LogP contribution in [0.2, 0.25) is 5.02 Å². The molecule has 4 rings (SSSR count). The summed E-state index contributed by atoms with van der Waals surface area (Å²) in [5, 5.41) is 0.138. The van der Waals surface area contributed by atoms with Crippen molar-refractivity contribution in [2.75, 3.05) is 23.9 Å². The number of rotatable bonds is 3. The maximum atomic E-state index is 13.4. The van der Waals surface area contributed by atoms with Crippen LogP contribution in [0.4, 0.5) is 5.69 Å². The Morgan fingerprint density at radius 1 is 0.897 bits per heavy atom. The standard InChI is InChI=1S/C22H25ClN2O3S/c23-19-11-10-18(22(26)24-13-6-2-1-3-7-14-24)16-21(19)29(27,28)25-15-12-17-8-4-5-9-20(17)25/h4-5,8-11,16H,1-3,6-7,12-15H2. The molecule has 1 amide bonds. The summed E-state index contributed by atoms with van der Waals surface area (Å²) >= 11 is 6.29. The summed E-state index contributed by atoms with van der Waals surface area (Å²) in [5.41, 5.74) is 2.06. The SMILES string of the molecule is O=C(c1ccc(Cl)c(S(=O)(=O)N2CCc3ccccc32)c1)N1CCCCCCC1. The number of nitrogens with zero attached hydrogens (tertiary/aromatic N) is 2. The number of carbonyl (C=O) groups is 1. The number of likely N-dealkylation sites (tertiary alicyclic amines) is 1. The second-order valence-electron chi connectivity index (χ2n) is 7.66. The molecule has 0 aromatic heterocycles. The van der Waals surface area contributed by atoms with Crippen LogP contribution in [-0.4, -0.2) is 38.9 Å². The van der Waals surface area contributed by atoms with E-state index in [-0.39, 0.29) is 15.8 Å². The van der Waals surface area contributed by atoms with Crippen LogP contribution in [0.5, 0.6) is 0 Å². The fourth-order valence-electron chi connectivity index (χ4n) is 4.14. The van der Waals surface area contributed by atoms with Gasteiger partial charge in [0.25, 0.3) is 15.9 Å². The van der Waals surface area contributed by atoms with Gasteiger partial charge >= 0.3 is 0 Å². The molecule has 2 aromatic carbocycles. The van der Waals surface area contributed by atoms with E-state index in [9.17, 15) is 13.2 Å². The zero-order valence-corrected chi connectivity index (χ0v) is 17.9. The minimum atomic E-state index is -3.85. The van der Waals surface area contributed by atoms with Crippen LogP contribution in [0.25, 0.3) is 0 Å². The van der Waals surface area contributed by atoms with Gasteiger partial charge in [0.15, 0.2) is 0 Å². The lowest BCUT2D eigenvalue weighted by molar-refractivity contribution is 0.0742. The van der Waals surface area contributed by atoms with E-state index < -0.39 is 10.0 Å². The van der Waals surface area contributed by atoms with Gasteiger partial charge in [-0.2, -0.15) is 0 Å². The monoisotopic (exact) mass is 432 g/mol. The predicted molar refractivity (Wildman–Crippen MR) is 115 cm³/mol. The quantitative estimate of drug-likeness (QED) is 0.717. The molecule has 0 unspecified atom stereocenters. The smallest absolute Gasteiger partial charge is 0.265 e. The molecule has 2 heterocycles. The lowest BCUT2D eigenvalue weighted by Crippen LogP contribution is -2.34. The molecule has 0 atom stereocenters. The molecule has 5 nitrogen and oxygen atoms in total. The van der Waals surface area contributed by atoms with Crippen LogP contribution in [0.15, 0.2) is 47.4 Å². The highest BCUT2D eigenvalue weighted by Gasteiger charge is 2.33. The minimum absolute atomic E-state index is 0.00577. The Morgan fingerprint density at radius 3 is 2.34 bits per heavy atom. The number of amides is 1. The second kappa shape index (κ2) is 8.36. The zero-order valence-electron chi connectivity index (χ0n) is 16.3. The molecule has 2 aliphatic rings. The first kappa shape index (κ1) is 20.2. The molecule has 0 saturated carbocycles. The van der Waals surface area contributed by atoms with Crippen LogP contribution < -0.4 is 4.31 Å². The van der Waals surface area contributed by atoms with Crippen molar-refractivity contribution in [3.05, 3.63) is 58.6 Å². The molecule has 0 aliphatic carbocycles. The highest BCUT2D eigenvalue weighted by Crippen LogP contribution is 2.35. The molecule has 7 heteroatoms. The van der Waals surface area contributed by atoms with Crippen LogP contribution in [0, 0.1) is 0 Å². The van der Waals surface area contributed by atoms with Crippen molar-refractivity contribution in [2.24, 2.45) is 0 Å². The van der Waals surface area contributed by atoms with E-state index in [2.05, 4.69) is 0 Å². The minimum Gasteiger partial charge on any atom is -0.339 e. The Labute approximate surface area is 177 Å². The van der Waals surface area contributed by atoms with E-state index in [1.165, 1.54) is 22.9 Å². The topological polar surface area (TPSA) is 57.7 Å². The summed E-state index contributed by atoms with van der Waals surface area (Å²) in [6.45, 7) is 1.80. The fraction of sp³-hybridized carbons (Fsp3) is 0.409. The zero-order chi connectivity index (χ0) is 20.4. The summed E-state index contributed by atoms with van der Waals surface area (Å²) in [4.78, 5) is 14.9. The third-order valence-electron chi connectivity index (χ3n) is 5.73. The van der Waals surface area contributed by atoms with Gasteiger partial charge < -0.3 is 4.90 Å². The largest absolute Gasteiger partial charge is 0.339 e. The summed E-state index contributed by atoms with van der Waals surface area (Å²) in [6.07, 6.45) is 6.09. The molecule has 29 heavy (non-hydrogen) atoms. The number of carbonyl (C=O) groups excluding carboxylic acids is 1. The number of benzene rings is 2. The first-order valence-corrected chi connectivity index (χ1v) is 12.0. The Balaban J connectivity index is 1.66. The molecule has 1 fully saturated rings. The lowest BCUT2D eigenvalue weighted by atomic mass is 10.1. The van der Waals surface area contributed by atoms with Gasteiger partial charge in [0.05, 0.1) is 10.7 Å². The molecule has 0 radical (unpaired) electrons. The van der Waals surface area contributed by atoms with Gasteiger partial charge in [0.1, 0.15) is 4.90 Å². The van der Waals surface area contributed by atoms with Crippen molar-refractivity contribution in [1.82, 2.24) is 4.90 Å². The van der Waals surface area contributed by atoms with Crippen molar-refractivity contribution < 1.29 is 13.2 Å². The predicted octanol–water partition coefficient (Wildman–Crippen LogP) is 4.50. The van der Waals surface area contributed by atoms with Crippen LogP contribution in [0.3, 0.4) is 0 Å². The number of anilines is 1. The van der Waals surface area contributed by atoms with E-state index in [0.717, 1.165) is 31.2 Å². The third-order valence-corrected chi connectivity index (χ3v) is 8.03. The highest BCUT2D eigenvalue weighted by atomic mass is 35.5. The molecule has 2 aromatic rings. The maximum absolute atomic E-state index is 13.4. The van der Waals surface area contributed by atoms with Crippen LogP contribution in [-0.2, 0) is 16.4 Å². The molecule has 2 aliphatic heterocycles. The molecule has 0 spiro atoms. The molecule has 0 bridgehead atoms. The third kappa shape index (κ3) is 4.01.